The van der Waals surface area contributed by atoms with Crippen molar-refractivity contribution in [2.75, 3.05) is 6.61 Å². The Morgan fingerprint density at radius 1 is 0.765 bits per heavy atom. The second-order valence-electron chi connectivity index (χ2n) is 3.92. The minimum absolute atomic E-state index is 0.113. The second-order valence-corrected chi connectivity index (χ2v) is 3.92. The minimum Gasteiger partial charge on any atom is -0.392 e. The van der Waals surface area contributed by atoms with E-state index < -0.39 is 0 Å². The van der Waals surface area contributed by atoms with Gasteiger partial charge in [-0.15, -0.1) is 0 Å². The SMILES string of the molecule is OC/C=C/Cc1ccc(-c2ccccc2)cc1. The predicted octanol–water partition coefficient (Wildman–Crippen LogP) is 3.44. The van der Waals surface area contributed by atoms with Crippen LogP contribution in [0.5, 0.6) is 0 Å². The fourth-order valence-corrected chi connectivity index (χ4v) is 1.76. The van der Waals surface area contributed by atoms with E-state index in [0.717, 1.165) is 6.42 Å². The fraction of sp³-hybridized carbons (Fsp3) is 0.125. The monoisotopic (exact) mass is 224 g/mol. The van der Waals surface area contributed by atoms with Gasteiger partial charge in [0, 0.05) is 0 Å². The summed E-state index contributed by atoms with van der Waals surface area (Å²) in [7, 11) is 0. The smallest absolute Gasteiger partial charge is 0.0612 e. The third-order valence-electron chi connectivity index (χ3n) is 2.69. The zero-order valence-electron chi connectivity index (χ0n) is 9.71. The molecule has 0 radical (unpaired) electrons. The molecule has 1 heteroatoms. The van der Waals surface area contributed by atoms with Gasteiger partial charge in [-0.2, -0.15) is 0 Å². The van der Waals surface area contributed by atoms with Gasteiger partial charge in [0.05, 0.1) is 6.61 Å². The Bertz CT molecular complexity index is 469. The predicted molar refractivity (Wildman–Crippen MR) is 71.8 cm³/mol. The first-order chi connectivity index (χ1) is 8.40. The van der Waals surface area contributed by atoms with Gasteiger partial charge < -0.3 is 5.11 Å². The average Bonchev–Trinajstić information content (AvgIpc) is 2.41. The topological polar surface area (TPSA) is 20.2 Å². The Morgan fingerprint density at radius 3 is 2.06 bits per heavy atom. The lowest BCUT2D eigenvalue weighted by Gasteiger charge is -2.02. The van der Waals surface area contributed by atoms with Crippen LogP contribution in [0.1, 0.15) is 5.56 Å². The number of aliphatic hydroxyl groups excluding tert-OH is 1. The lowest BCUT2D eigenvalue weighted by Crippen LogP contribution is -1.83. The molecule has 0 spiro atoms. The van der Waals surface area contributed by atoms with Gasteiger partial charge in [0.2, 0.25) is 0 Å². The van der Waals surface area contributed by atoms with Gasteiger partial charge in [0.25, 0.3) is 0 Å². The van der Waals surface area contributed by atoms with Crippen molar-refractivity contribution >= 4 is 0 Å². The zero-order chi connectivity index (χ0) is 11.9. The van der Waals surface area contributed by atoms with Gasteiger partial charge in [-0.1, -0.05) is 66.7 Å². The molecule has 2 rings (SSSR count). The molecule has 0 aliphatic carbocycles. The quantitative estimate of drug-likeness (QED) is 0.789. The standard InChI is InChI=1S/C16H16O/c17-13-5-4-6-14-9-11-16(12-10-14)15-7-2-1-3-8-15/h1-5,7-12,17H,6,13H2/b5-4+. The van der Waals surface area contributed by atoms with Crippen molar-refractivity contribution in [1.29, 1.82) is 0 Å². The molecule has 0 unspecified atom stereocenters. The molecule has 0 saturated heterocycles. The minimum atomic E-state index is 0.113. The third-order valence-corrected chi connectivity index (χ3v) is 2.69. The molecular formula is C16H16O. The number of hydrogen-bond donors (Lipinski definition) is 1. The molecule has 1 nitrogen and oxygen atoms in total. The molecule has 0 amide bonds. The first-order valence-corrected chi connectivity index (χ1v) is 5.80. The van der Waals surface area contributed by atoms with Crippen LogP contribution >= 0.6 is 0 Å². The Kier molecular flexibility index (Phi) is 4.11. The van der Waals surface area contributed by atoms with Gasteiger partial charge in [-0.25, -0.2) is 0 Å². The van der Waals surface area contributed by atoms with Crippen LogP contribution in [0.4, 0.5) is 0 Å². The number of hydrogen-bond acceptors (Lipinski definition) is 1. The van der Waals surface area contributed by atoms with Crippen LogP contribution in [0.15, 0.2) is 66.7 Å². The van der Waals surface area contributed by atoms with E-state index >= 15 is 0 Å². The van der Waals surface area contributed by atoms with Crippen molar-refractivity contribution in [2.45, 2.75) is 6.42 Å². The van der Waals surface area contributed by atoms with E-state index in [4.69, 9.17) is 5.11 Å². The van der Waals surface area contributed by atoms with E-state index in [1.54, 1.807) is 6.08 Å². The van der Waals surface area contributed by atoms with Gasteiger partial charge >= 0.3 is 0 Å². The first kappa shape index (κ1) is 11.6. The van der Waals surface area contributed by atoms with Crippen molar-refractivity contribution in [3.8, 4) is 11.1 Å². The number of rotatable bonds is 4. The van der Waals surface area contributed by atoms with Crippen molar-refractivity contribution in [2.24, 2.45) is 0 Å². The van der Waals surface area contributed by atoms with Crippen molar-refractivity contribution in [3.05, 3.63) is 72.3 Å². The summed E-state index contributed by atoms with van der Waals surface area (Å²) in [5, 5.41) is 8.65. The summed E-state index contributed by atoms with van der Waals surface area (Å²) in [6, 6.07) is 18.9. The highest BCUT2D eigenvalue weighted by atomic mass is 16.2. The molecule has 0 saturated carbocycles. The maximum absolute atomic E-state index is 8.65. The average molecular weight is 224 g/mol. The molecule has 2 aromatic rings. The lowest BCUT2D eigenvalue weighted by atomic mass is 10.0. The van der Waals surface area contributed by atoms with Gasteiger partial charge in [0.1, 0.15) is 0 Å². The van der Waals surface area contributed by atoms with E-state index in [-0.39, 0.29) is 6.61 Å². The largest absolute Gasteiger partial charge is 0.392 e. The Morgan fingerprint density at radius 2 is 1.41 bits per heavy atom. The highest BCUT2D eigenvalue weighted by Gasteiger charge is 1.96. The molecule has 0 aromatic heterocycles. The summed E-state index contributed by atoms with van der Waals surface area (Å²) < 4.78 is 0. The molecule has 0 atom stereocenters. The van der Waals surface area contributed by atoms with Crippen LogP contribution in [0.2, 0.25) is 0 Å². The molecule has 0 heterocycles. The normalized spacial score (nSPS) is 10.9. The Hall–Kier alpha value is -1.86. The number of allylic oxidation sites excluding steroid dienone is 1. The van der Waals surface area contributed by atoms with Crippen LogP contribution in [-0.4, -0.2) is 11.7 Å². The molecule has 0 fully saturated rings. The van der Waals surface area contributed by atoms with Crippen molar-refractivity contribution in [1.82, 2.24) is 0 Å². The number of aliphatic hydroxyl groups is 1. The van der Waals surface area contributed by atoms with Crippen molar-refractivity contribution < 1.29 is 5.11 Å². The van der Waals surface area contributed by atoms with E-state index in [1.165, 1.54) is 16.7 Å². The summed E-state index contributed by atoms with van der Waals surface area (Å²) >= 11 is 0. The molecule has 86 valence electrons. The molecule has 0 aliphatic heterocycles. The van der Waals surface area contributed by atoms with E-state index in [9.17, 15) is 0 Å². The van der Waals surface area contributed by atoms with Crippen molar-refractivity contribution in [3.63, 3.8) is 0 Å². The van der Waals surface area contributed by atoms with Crippen LogP contribution in [0.25, 0.3) is 11.1 Å². The zero-order valence-corrected chi connectivity index (χ0v) is 9.71. The van der Waals surface area contributed by atoms with E-state index in [1.807, 2.05) is 24.3 Å². The Labute approximate surface area is 102 Å². The Balaban J connectivity index is 2.11. The van der Waals surface area contributed by atoms with Crippen LogP contribution in [0.3, 0.4) is 0 Å². The summed E-state index contributed by atoms with van der Waals surface area (Å²) in [6.07, 6.45) is 4.62. The maximum atomic E-state index is 8.65. The van der Waals surface area contributed by atoms with Crippen LogP contribution in [-0.2, 0) is 6.42 Å². The van der Waals surface area contributed by atoms with Gasteiger partial charge in [-0.05, 0) is 23.1 Å². The number of benzene rings is 2. The highest BCUT2D eigenvalue weighted by molar-refractivity contribution is 5.63. The van der Waals surface area contributed by atoms with Crippen LogP contribution in [0, 0.1) is 0 Å². The molecule has 2 aromatic carbocycles. The molecule has 1 N–H and O–H groups in total. The maximum Gasteiger partial charge on any atom is 0.0612 e. The third kappa shape index (κ3) is 3.30. The highest BCUT2D eigenvalue weighted by Crippen LogP contribution is 2.19. The molecule has 0 aliphatic rings. The second kappa shape index (κ2) is 6.02. The summed E-state index contributed by atoms with van der Waals surface area (Å²) in [5.74, 6) is 0. The summed E-state index contributed by atoms with van der Waals surface area (Å²) in [4.78, 5) is 0. The lowest BCUT2D eigenvalue weighted by molar-refractivity contribution is 0.342. The van der Waals surface area contributed by atoms with E-state index in [2.05, 4.69) is 36.4 Å². The first-order valence-electron chi connectivity index (χ1n) is 5.80. The summed E-state index contributed by atoms with van der Waals surface area (Å²) in [5.41, 5.74) is 3.74. The molecule has 0 bridgehead atoms. The van der Waals surface area contributed by atoms with Gasteiger partial charge in [-0.3, -0.25) is 0 Å². The van der Waals surface area contributed by atoms with Gasteiger partial charge in [0.15, 0.2) is 0 Å². The van der Waals surface area contributed by atoms with Crippen LogP contribution < -0.4 is 0 Å². The van der Waals surface area contributed by atoms with E-state index in [0.29, 0.717) is 0 Å². The molecule has 17 heavy (non-hydrogen) atoms. The molecular weight excluding hydrogens is 208 g/mol. The fourth-order valence-electron chi connectivity index (χ4n) is 1.76. The summed E-state index contributed by atoms with van der Waals surface area (Å²) in [6.45, 7) is 0.113.